The number of ether oxygens (including phenoxy) is 1. The highest BCUT2D eigenvalue weighted by Crippen LogP contribution is 2.28. The molecule has 0 N–H and O–H groups in total. The summed E-state index contributed by atoms with van der Waals surface area (Å²) in [5.41, 5.74) is 3.51. The van der Waals surface area contributed by atoms with E-state index in [-0.39, 0.29) is 5.60 Å². The molecular weight excluding hydrogens is 322 g/mol. The van der Waals surface area contributed by atoms with Gasteiger partial charge in [0.05, 0.1) is 11.9 Å². The van der Waals surface area contributed by atoms with Gasteiger partial charge in [-0.3, -0.25) is 0 Å². The number of benzene rings is 1. The van der Waals surface area contributed by atoms with E-state index in [1.54, 1.807) is 4.52 Å². The van der Waals surface area contributed by atoms with Gasteiger partial charge in [-0.05, 0) is 51.0 Å². The molecule has 2 aromatic heterocycles. The van der Waals surface area contributed by atoms with Crippen molar-refractivity contribution >= 4 is 17.2 Å². The lowest BCUT2D eigenvalue weighted by Gasteiger charge is -2.21. The van der Waals surface area contributed by atoms with Gasteiger partial charge in [-0.15, -0.1) is 0 Å². The fraction of sp³-hybridized carbons (Fsp3) is 0.368. The summed E-state index contributed by atoms with van der Waals surface area (Å²) in [7, 11) is 0. The minimum Gasteiger partial charge on any atom is -0.488 e. The van der Waals surface area contributed by atoms with Crippen LogP contribution in [0.2, 0.25) is 5.15 Å². The van der Waals surface area contributed by atoms with Crippen molar-refractivity contribution in [2.45, 2.75) is 46.1 Å². The van der Waals surface area contributed by atoms with Gasteiger partial charge in [-0.25, -0.2) is 9.50 Å². The molecule has 1 aromatic carbocycles. The fourth-order valence-electron chi connectivity index (χ4n) is 2.55. The van der Waals surface area contributed by atoms with E-state index in [0.717, 1.165) is 28.2 Å². The zero-order chi connectivity index (χ0) is 17.5. The Balaban J connectivity index is 2.01. The van der Waals surface area contributed by atoms with Crippen LogP contribution in [0.1, 0.15) is 46.1 Å². The van der Waals surface area contributed by atoms with Crippen molar-refractivity contribution in [2.75, 3.05) is 0 Å². The van der Waals surface area contributed by atoms with E-state index < -0.39 is 0 Å². The van der Waals surface area contributed by atoms with Gasteiger partial charge in [0.1, 0.15) is 16.5 Å². The summed E-state index contributed by atoms with van der Waals surface area (Å²) in [6.07, 6.45) is 1.84. The minimum absolute atomic E-state index is 0.217. The normalized spacial score (nSPS) is 12.1. The molecule has 2 heterocycles. The van der Waals surface area contributed by atoms with Crippen LogP contribution in [0.15, 0.2) is 36.5 Å². The Morgan fingerprint density at radius 1 is 1.12 bits per heavy atom. The maximum absolute atomic E-state index is 6.38. The molecule has 4 nitrogen and oxygen atoms in total. The molecule has 0 atom stereocenters. The van der Waals surface area contributed by atoms with Gasteiger partial charge in [-0.1, -0.05) is 25.4 Å². The molecule has 0 aliphatic rings. The van der Waals surface area contributed by atoms with Crippen molar-refractivity contribution in [3.05, 3.63) is 47.2 Å². The van der Waals surface area contributed by atoms with Crippen LogP contribution in [0.25, 0.3) is 16.9 Å². The van der Waals surface area contributed by atoms with Gasteiger partial charge < -0.3 is 4.74 Å². The molecule has 0 fully saturated rings. The molecule has 3 aromatic rings. The first-order chi connectivity index (χ1) is 11.2. The Morgan fingerprint density at radius 2 is 1.79 bits per heavy atom. The smallest absolute Gasteiger partial charge is 0.160 e. The maximum atomic E-state index is 6.38. The molecule has 0 saturated heterocycles. The SMILES string of the molecule is CC(C)c1cnn2c(Cl)cc(-c3ccc(OC(C)(C)C)cc3)nc12. The second-order valence-corrected chi connectivity index (χ2v) is 7.58. The van der Waals surface area contributed by atoms with Crippen LogP contribution in [0.4, 0.5) is 0 Å². The third-order valence-corrected chi connectivity index (χ3v) is 3.92. The van der Waals surface area contributed by atoms with E-state index >= 15 is 0 Å². The lowest BCUT2D eigenvalue weighted by Crippen LogP contribution is -2.22. The molecule has 5 heteroatoms. The quantitative estimate of drug-likeness (QED) is 0.602. The number of hydrogen-bond donors (Lipinski definition) is 0. The molecule has 0 aliphatic heterocycles. The lowest BCUT2D eigenvalue weighted by atomic mass is 10.1. The van der Waals surface area contributed by atoms with Crippen LogP contribution in [-0.2, 0) is 0 Å². The van der Waals surface area contributed by atoms with Crippen molar-refractivity contribution in [3.63, 3.8) is 0 Å². The Kier molecular flexibility index (Phi) is 4.26. The predicted octanol–water partition coefficient (Wildman–Crippen LogP) is 5.35. The van der Waals surface area contributed by atoms with Crippen molar-refractivity contribution < 1.29 is 4.74 Å². The summed E-state index contributed by atoms with van der Waals surface area (Å²) < 4.78 is 7.54. The number of rotatable bonds is 3. The first-order valence-corrected chi connectivity index (χ1v) is 8.46. The monoisotopic (exact) mass is 343 g/mol. The van der Waals surface area contributed by atoms with Crippen LogP contribution >= 0.6 is 11.6 Å². The average Bonchev–Trinajstić information content (AvgIpc) is 2.91. The Hall–Kier alpha value is -2.07. The average molecular weight is 344 g/mol. The van der Waals surface area contributed by atoms with Gasteiger partial charge in [0.15, 0.2) is 5.65 Å². The third-order valence-electron chi connectivity index (χ3n) is 3.65. The summed E-state index contributed by atoms with van der Waals surface area (Å²) >= 11 is 6.38. The standard InChI is InChI=1S/C19H22ClN3O/c1-12(2)15-11-21-23-17(20)10-16(22-18(15)23)13-6-8-14(9-7-13)24-19(3,4)5/h6-12H,1-5H3. The zero-order valence-corrected chi connectivity index (χ0v) is 15.4. The number of fused-ring (bicyclic) bond motifs is 1. The van der Waals surface area contributed by atoms with E-state index in [4.69, 9.17) is 21.3 Å². The molecular formula is C19H22ClN3O. The van der Waals surface area contributed by atoms with E-state index in [0.29, 0.717) is 11.1 Å². The van der Waals surface area contributed by atoms with Crippen molar-refractivity contribution in [1.29, 1.82) is 0 Å². The highest BCUT2D eigenvalue weighted by molar-refractivity contribution is 6.30. The van der Waals surface area contributed by atoms with Gasteiger partial charge in [0.25, 0.3) is 0 Å². The topological polar surface area (TPSA) is 39.4 Å². The highest BCUT2D eigenvalue weighted by atomic mass is 35.5. The lowest BCUT2D eigenvalue weighted by molar-refractivity contribution is 0.131. The molecule has 0 saturated carbocycles. The molecule has 3 rings (SSSR count). The second-order valence-electron chi connectivity index (χ2n) is 7.19. The number of halogens is 1. The van der Waals surface area contributed by atoms with Crippen LogP contribution in [0.5, 0.6) is 5.75 Å². The van der Waals surface area contributed by atoms with Gasteiger partial charge in [0, 0.05) is 17.2 Å². The fourth-order valence-corrected chi connectivity index (χ4v) is 2.77. The minimum atomic E-state index is -0.217. The van der Waals surface area contributed by atoms with E-state index in [1.807, 2.05) is 57.3 Å². The van der Waals surface area contributed by atoms with Crippen LogP contribution in [0, 0.1) is 0 Å². The van der Waals surface area contributed by atoms with E-state index in [2.05, 4.69) is 18.9 Å². The predicted molar refractivity (Wildman–Crippen MR) is 97.9 cm³/mol. The summed E-state index contributed by atoms with van der Waals surface area (Å²) in [5, 5.41) is 4.88. The molecule has 24 heavy (non-hydrogen) atoms. The van der Waals surface area contributed by atoms with Gasteiger partial charge in [0.2, 0.25) is 0 Å². The van der Waals surface area contributed by atoms with E-state index in [1.165, 1.54) is 0 Å². The van der Waals surface area contributed by atoms with Crippen molar-refractivity contribution in [1.82, 2.24) is 14.6 Å². The summed E-state index contributed by atoms with van der Waals surface area (Å²) in [6, 6.07) is 9.76. The highest BCUT2D eigenvalue weighted by Gasteiger charge is 2.15. The van der Waals surface area contributed by atoms with Crippen LogP contribution in [0.3, 0.4) is 0 Å². The van der Waals surface area contributed by atoms with Crippen molar-refractivity contribution in [2.24, 2.45) is 0 Å². The largest absolute Gasteiger partial charge is 0.488 e. The molecule has 0 amide bonds. The molecule has 0 spiro atoms. The maximum Gasteiger partial charge on any atom is 0.160 e. The van der Waals surface area contributed by atoms with Crippen LogP contribution < -0.4 is 4.74 Å². The molecule has 126 valence electrons. The summed E-state index contributed by atoms with van der Waals surface area (Å²) in [5.74, 6) is 1.18. The van der Waals surface area contributed by atoms with Gasteiger partial charge >= 0.3 is 0 Å². The molecule has 0 aliphatic carbocycles. The second kappa shape index (κ2) is 6.10. The number of hydrogen-bond acceptors (Lipinski definition) is 3. The van der Waals surface area contributed by atoms with E-state index in [9.17, 15) is 0 Å². The molecule has 0 unspecified atom stereocenters. The van der Waals surface area contributed by atoms with Crippen molar-refractivity contribution in [3.8, 4) is 17.0 Å². The first kappa shape index (κ1) is 16.8. The molecule has 0 bridgehead atoms. The zero-order valence-electron chi connectivity index (χ0n) is 14.7. The first-order valence-electron chi connectivity index (χ1n) is 8.08. The number of nitrogens with zero attached hydrogens (tertiary/aromatic N) is 3. The summed E-state index contributed by atoms with van der Waals surface area (Å²) in [4.78, 5) is 4.77. The number of aromatic nitrogens is 3. The molecule has 0 radical (unpaired) electrons. The van der Waals surface area contributed by atoms with Crippen LogP contribution in [-0.4, -0.2) is 20.2 Å². The Bertz CT molecular complexity index is 861. The third kappa shape index (κ3) is 3.39. The van der Waals surface area contributed by atoms with Gasteiger partial charge in [-0.2, -0.15) is 5.10 Å². The summed E-state index contributed by atoms with van der Waals surface area (Å²) in [6.45, 7) is 10.3. The Morgan fingerprint density at radius 3 is 2.38 bits per heavy atom. The Labute approximate surface area is 147 Å².